The van der Waals surface area contributed by atoms with Gasteiger partial charge >= 0.3 is 0 Å². The third-order valence-electron chi connectivity index (χ3n) is 5.61. The molecule has 0 N–H and O–H groups in total. The molecule has 3 aromatic carbocycles. The average Bonchev–Trinajstić information content (AvgIpc) is 2.78. The summed E-state index contributed by atoms with van der Waals surface area (Å²) in [7, 11) is -2.29. The summed E-state index contributed by atoms with van der Waals surface area (Å²) in [6.07, 6.45) is 3.49. The summed E-state index contributed by atoms with van der Waals surface area (Å²) in [5.74, 6) is 0. The van der Waals surface area contributed by atoms with Crippen LogP contribution in [0, 0.1) is 0 Å². The van der Waals surface area contributed by atoms with Gasteiger partial charge in [-0.1, -0.05) is 123 Å². The molecule has 1 nitrogen and oxygen atoms in total. The van der Waals surface area contributed by atoms with E-state index < -0.39 is 8.24 Å². The van der Waals surface area contributed by atoms with Gasteiger partial charge in [-0.3, -0.25) is 0 Å². The summed E-state index contributed by atoms with van der Waals surface area (Å²) < 4.78 is 2.73. The molecule has 0 saturated heterocycles. The maximum Gasteiger partial charge on any atom is 0.220 e. The zero-order valence-electron chi connectivity index (χ0n) is 17.3. The van der Waals surface area contributed by atoms with Gasteiger partial charge in [0.15, 0.2) is 0 Å². The van der Waals surface area contributed by atoms with Crippen molar-refractivity contribution in [1.29, 1.82) is 0 Å². The summed E-state index contributed by atoms with van der Waals surface area (Å²) in [6, 6.07) is 33.2. The van der Waals surface area contributed by atoms with Crippen molar-refractivity contribution in [2.45, 2.75) is 27.2 Å². The zero-order chi connectivity index (χ0) is 19.8. The third-order valence-corrected chi connectivity index (χ3v) is 11.0. The normalized spacial score (nSPS) is 12.4. The number of benzene rings is 3. The van der Waals surface area contributed by atoms with Crippen LogP contribution in [0.15, 0.2) is 96.2 Å². The lowest BCUT2D eigenvalue weighted by molar-refractivity contribution is 0.478. The molecule has 0 aliphatic carbocycles. The van der Waals surface area contributed by atoms with Crippen LogP contribution < -0.4 is 10.4 Å². The molecule has 0 aliphatic rings. The molecule has 0 bridgehead atoms. The number of rotatable bonds is 8. The second-order valence-corrected chi connectivity index (χ2v) is 10.9. The molecule has 0 amide bonds. The second-order valence-electron chi connectivity index (χ2n) is 7.05. The molecule has 0 fully saturated rings. The molecule has 0 radical (unpaired) electrons. The lowest BCUT2D eigenvalue weighted by Crippen LogP contribution is -2.71. The Labute approximate surface area is 171 Å². The molecule has 144 valence electrons. The van der Waals surface area contributed by atoms with Crippen LogP contribution in [0.25, 0.3) is 6.08 Å². The molecule has 28 heavy (non-hydrogen) atoms. The first-order valence-electron chi connectivity index (χ1n) is 10.4. The molecule has 3 rings (SSSR count). The molecule has 0 saturated carbocycles. The number of hydrogen-bond acceptors (Lipinski definition) is 1. The van der Waals surface area contributed by atoms with E-state index in [1.165, 1.54) is 15.9 Å². The minimum absolute atomic E-state index is 1.04. The molecule has 0 unspecified atom stereocenters. The first-order chi connectivity index (χ1) is 13.8. The molecule has 0 spiro atoms. The highest BCUT2D eigenvalue weighted by molar-refractivity contribution is 7.05. The van der Waals surface area contributed by atoms with Gasteiger partial charge in [0.2, 0.25) is 8.24 Å². The minimum Gasteiger partial charge on any atom is -0.314 e. The highest BCUT2D eigenvalue weighted by Crippen LogP contribution is 2.26. The molecule has 3 aromatic rings. The van der Waals surface area contributed by atoms with Crippen molar-refractivity contribution in [2.75, 3.05) is 13.1 Å². The largest absolute Gasteiger partial charge is 0.314 e. The SMILES string of the molecule is CC/C(=C\c1ccccc1)[Si](c1ccccc1)(c1ccccc1)N(CC)CC. The Morgan fingerprint density at radius 3 is 1.50 bits per heavy atom. The number of hydrogen-bond donors (Lipinski definition) is 0. The first kappa shape index (κ1) is 20.3. The first-order valence-corrected chi connectivity index (χ1v) is 12.3. The standard InChI is InChI=1S/C26H31NSi/c1-4-24(22-23-16-10-7-11-17-23)28(27(5-2)6-3,25-18-12-8-13-19-25)26-20-14-9-15-21-26/h7-22H,4-6H2,1-3H3/b24-22+. The molecular weight excluding hydrogens is 354 g/mol. The van der Waals surface area contributed by atoms with Crippen molar-refractivity contribution >= 4 is 24.7 Å². The minimum atomic E-state index is -2.29. The van der Waals surface area contributed by atoms with Crippen LogP contribution in [-0.4, -0.2) is 25.9 Å². The second kappa shape index (κ2) is 9.68. The summed E-state index contributed by atoms with van der Waals surface area (Å²) in [5.41, 5.74) is 1.29. The van der Waals surface area contributed by atoms with Gasteiger partial charge in [-0.15, -0.1) is 0 Å². The van der Waals surface area contributed by atoms with E-state index in [0.29, 0.717) is 0 Å². The maximum atomic E-state index is 2.73. The van der Waals surface area contributed by atoms with Crippen LogP contribution in [0.4, 0.5) is 0 Å². The van der Waals surface area contributed by atoms with Crippen molar-refractivity contribution in [1.82, 2.24) is 4.57 Å². The van der Waals surface area contributed by atoms with Crippen LogP contribution >= 0.6 is 0 Å². The van der Waals surface area contributed by atoms with Gasteiger partial charge in [-0.2, -0.15) is 0 Å². The molecule has 0 aliphatic heterocycles. The van der Waals surface area contributed by atoms with Gasteiger partial charge in [0.1, 0.15) is 0 Å². The predicted octanol–water partition coefficient (Wildman–Crippen LogP) is 5.12. The lowest BCUT2D eigenvalue weighted by atomic mass is 10.2. The Morgan fingerprint density at radius 2 is 1.11 bits per heavy atom. The van der Waals surface area contributed by atoms with Crippen molar-refractivity contribution in [2.24, 2.45) is 0 Å². The van der Waals surface area contributed by atoms with Gasteiger partial charge in [0.05, 0.1) is 0 Å². The van der Waals surface area contributed by atoms with Crippen molar-refractivity contribution in [3.05, 3.63) is 102 Å². The van der Waals surface area contributed by atoms with E-state index in [2.05, 4.69) is 122 Å². The van der Waals surface area contributed by atoms with Gasteiger partial charge in [-0.05, 0) is 35.4 Å². The Kier molecular flexibility index (Phi) is 7.02. The van der Waals surface area contributed by atoms with Crippen molar-refractivity contribution in [3.63, 3.8) is 0 Å². The number of nitrogens with zero attached hydrogens (tertiary/aromatic N) is 1. The van der Waals surface area contributed by atoms with E-state index in [0.717, 1.165) is 19.5 Å². The topological polar surface area (TPSA) is 3.24 Å². The fourth-order valence-electron chi connectivity index (χ4n) is 4.38. The zero-order valence-corrected chi connectivity index (χ0v) is 18.3. The van der Waals surface area contributed by atoms with Gasteiger partial charge in [0.25, 0.3) is 0 Å². The van der Waals surface area contributed by atoms with Crippen LogP contribution in [0.1, 0.15) is 32.8 Å². The summed E-state index contributed by atoms with van der Waals surface area (Å²) >= 11 is 0. The monoisotopic (exact) mass is 385 g/mol. The average molecular weight is 386 g/mol. The summed E-state index contributed by atoms with van der Waals surface area (Å²) in [5, 5.41) is 4.49. The summed E-state index contributed by atoms with van der Waals surface area (Å²) in [4.78, 5) is 0. The Bertz CT molecular complexity index is 829. The fraction of sp³-hybridized carbons (Fsp3) is 0.231. The van der Waals surface area contributed by atoms with Gasteiger partial charge in [-0.25, -0.2) is 0 Å². The van der Waals surface area contributed by atoms with E-state index in [1.807, 2.05) is 0 Å². The molecule has 2 heteroatoms. The Balaban J connectivity index is 2.36. The molecular formula is C26H31NSi. The quantitative estimate of drug-likeness (QED) is 0.486. The fourth-order valence-corrected chi connectivity index (χ4v) is 9.77. The molecule has 0 heterocycles. The van der Waals surface area contributed by atoms with Crippen LogP contribution in [-0.2, 0) is 0 Å². The van der Waals surface area contributed by atoms with E-state index in [9.17, 15) is 0 Å². The summed E-state index contributed by atoms with van der Waals surface area (Å²) in [6.45, 7) is 8.99. The van der Waals surface area contributed by atoms with Crippen LogP contribution in [0.3, 0.4) is 0 Å². The Morgan fingerprint density at radius 1 is 0.679 bits per heavy atom. The lowest BCUT2D eigenvalue weighted by Gasteiger charge is -2.44. The van der Waals surface area contributed by atoms with Crippen molar-refractivity contribution < 1.29 is 0 Å². The van der Waals surface area contributed by atoms with E-state index in [-0.39, 0.29) is 0 Å². The maximum absolute atomic E-state index is 2.73. The van der Waals surface area contributed by atoms with E-state index in [4.69, 9.17) is 0 Å². The van der Waals surface area contributed by atoms with Crippen molar-refractivity contribution in [3.8, 4) is 0 Å². The van der Waals surface area contributed by atoms with E-state index >= 15 is 0 Å². The number of allylic oxidation sites excluding steroid dienone is 1. The van der Waals surface area contributed by atoms with Gasteiger partial charge < -0.3 is 4.57 Å². The third kappa shape index (κ3) is 3.89. The smallest absolute Gasteiger partial charge is 0.220 e. The van der Waals surface area contributed by atoms with Crippen LogP contribution in [0.2, 0.25) is 0 Å². The molecule has 0 aromatic heterocycles. The molecule has 0 atom stereocenters. The Hall–Kier alpha value is -2.42. The van der Waals surface area contributed by atoms with Gasteiger partial charge in [0, 0.05) is 0 Å². The highest BCUT2D eigenvalue weighted by Gasteiger charge is 2.45. The highest BCUT2D eigenvalue weighted by atomic mass is 28.3. The van der Waals surface area contributed by atoms with E-state index in [1.54, 1.807) is 5.20 Å². The predicted molar refractivity (Wildman–Crippen MR) is 126 cm³/mol. The van der Waals surface area contributed by atoms with Crippen LogP contribution in [0.5, 0.6) is 0 Å².